The second-order valence-electron chi connectivity index (χ2n) is 6.40. The Labute approximate surface area is 140 Å². The van der Waals surface area contributed by atoms with Gasteiger partial charge in [0.1, 0.15) is 5.82 Å². The molecule has 0 unspecified atom stereocenters. The maximum Gasteiger partial charge on any atom is 0.251 e. The van der Waals surface area contributed by atoms with E-state index in [1.54, 1.807) is 30.3 Å². The first-order chi connectivity index (χ1) is 11.6. The van der Waals surface area contributed by atoms with Gasteiger partial charge < -0.3 is 10.4 Å². The molecule has 126 valence electrons. The highest BCUT2D eigenvalue weighted by Gasteiger charge is 2.29. The Kier molecular flexibility index (Phi) is 4.90. The minimum absolute atomic E-state index is 0.226. The third-order valence-electron chi connectivity index (χ3n) is 4.59. The van der Waals surface area contributed by atoms with Crippen molar-refractivity contribution in [1.82, 2.24) is 10.3 Å². The van der Waals surface area contributed by atoms with Gasteiger partial charge in [-0.1, -0.05) is 31.4 Å². The number of aliphatic hydroxyl groups is 1. The van der Waals surface area contributed by atoms with Gasteiger partial charge in [-0.25, -0.2) is 4.39 Å². The van der Waals surface area contributed by atoms with E-state index >= 15 is 0 Å². The van der Waals surface area contributed by atoms with Crippen molar-refractivity contribution in [3.63, 3.8) is 0 Å². The Balaban J connectivity index is 1.65. The maximum atomic E-state index is 13.7. The predicted molar refractivity (Wildman–Crippen MR) is 90.0 cm³/mol. The first kappa shape index (κ1) is 16.6. The van der Waals surface area contributed by atoms with E-state index in [-0.39, 0.29) is 12.5 Å². The van der Waals surface area contributed by atoms with Crippen LogP contribution in [-0.4, -0.2) is 28.1 Å². The number of nitrogens with one attached hydrogen (secondary N) is 1. The van der Waals surface area contributed by atoms with Crippen LogP contribution < -0.4 is 5.32 Å². The molecule has 0 saturated heterocycles. The number of nitrogens with zero attached hydrogens (tertiary/aromatic N) is 1. The van der Waals surface area contributed by atoms with Gasteiger partial charge in [-0.2, -0.15) is 0 Å². The molecule has 1 aromatic heterocycles. The van der Waals surface area contributed by atoms with E-state index in [2.05, 4.69) is 10.3 Å². The van der Waals surface area contributed by atoms with Crippen LogP contribution in [0, 0.1) is 5.82 Å². The smallest absolute Gasteiger partial charge is 0.251 e. The molecule has 2 aromatic rings. The van der Waals surface area contributed by atoms with Gasteiger partial charge >= 0.3 is 0 Å². The topological polar surface area (TPSA) is 62.2 Å². The van der Waals surface area contributed by atoms with Gasteiger partial charge in [0.2, 0.25) is 0 Å². The number of amides is 1. The Morgan fingerprint density at radius 2 is 1.88 bits per heavy atom. The molecule has 24 heavy (non-hydrogen) atoms. The highest BCUT2D eigenvalue weighted by molar-refractivity contribution is 5.94. The van der Waals surface area contributed by atoms with Gasteiger partial charge in [0.15, 0.2) is 0 Å². The minimum Gasteiger partial charge on any atom is -0.388 e. The summed E-state index contributed by atoms with van der Waals surface area (Å²) in [5, 5.41) is 13.2. The first-order valence-electron chi connectivity index (χ1n) is 8.28. The average molecular weight is 328 g/mol. The lowest BCUT2D eigenvalue weighted by atomic mass is 9.85. The summed E-state index contributed by atoms with van der Waals surface area (Å²) in [6, 6.07) is 8.35. The summed E-state index contributed by atoms with van der Waals surface area (Å²) in [5.74, 6) is -0.620. The second-order valence-corrected chi connectivity index (χ2v) is 6.40. The molecule has 1 heterocycles. The number of halogens is 1. The molecule has 2 N–H and O–H groups in total. The Morgan fingerprint density at radius 1 is 1.17 bits per heavy atom. The number of hydrogen-bond donors (Lipinski definition) is 2. The predicted octanol–water partition coefficient (Wildman–Crippen LogP) is 3.31. The van der Waals surface area contributed by atoms with E-state index < -0.39 is 11.4 Å². The zero-order valence-electron chi connectivity index (χ0n) is 13.5. The Hall–Kier alpha value is -2.27. The molecular weight excluding hydrogens is 307 g/mol. The molecule has 1 aromatic carbocycles. The van der Waals surface area contributed by atoms with E-state index in [9.17, 15) is 14.3 Å². The Bertz CT molecular complexity index is 710. The molecule has 5 heteroatoms. The van der Waals surface area contributed by atoms with Crippen LogP contribution in [0.4, 0.5) is 4.39 Å². The number of aromatic nitrogens is 1. The Morgan fingerprint density at radius 3 is 2.54 bits per heavy atom. The van der Waals surface area contributed by atoms with Crippen molar-refractivity contribution in [2.75, 3.05) is 6.54 Å². The number of pyridine rings is 1. The third kappa shape index (κ3) is 3.79. The highest BCUT2D eigenvalue weighted by Crippen LogP contribution is 2.27. The van der Waals surface area contributed by atoms with Gasteiger partial charge in [0.05, 0.1) is 11.8 Å². The zero-order valence-corrected chi connectivity index (χ0v) is 13.5. The number of rotatable bonds is 4. The highest BCUT2D eigenvalue weighted by atomic mass is 19.1. The van der Waals surface area contributed by atoms with Crippen molar-refractivity contribution in [2.24, 2.45) is 0 Å². The molecule has 0 spiro atoms. The molecule has 1 aliphatic rings. The minimum atomic E-state index is -0.784. The van der Waals surface area contributed by atoms with Gasteiger partial charge in [0, 0.05) is 23.9 Å². The summed E-state index contributed by atoms with van der Waals surface area (Å²) in [5.41, 5.74) is 0.854. The van der Waals surface area contributed by atoms with E-state index in [4.69, 9.17) is 0 Å². The van der Waals surface area contributed by atoms with Gasteiger partial charge in [-0.3, -0.25) is 9.78 Å². The standard InChI is InChI=1S/C19H21FN2O2/c20-17-12-21-11-8-16(17)14-4-6-15(7-5-14)18(23)22-13-19(24)9-2-1-3-10-19/h4-8,11-12,24H,1-3,9-10,13H2,(H,22,23). The number of carbonyl (C=O) groups is 1. The lowest BCUT2D eigenvalue weighted by Crippen LogP contribution is -2.44. The summed E-state index contributed by atoms with van der Waals surface area (Å²) in [6.07, 6.45) is 7.30. The van der Waals surface area contributed by atoms with Crippen LogP contribution in [0.2, 0.25) is 0 Å². The van der Waals surface area contributed by atoms with Crippen LogP contribution in [0.15, 0.2) is 42.7 Å². The number of carbonyl (C=O) groups excluding carboxylic acids is 1. The molecule has 3 rings (SSSR count). The van der Waals surface area contributed by atoms with Crippen molar-refractivity contribution < 1.29 is 14.3 Å². The van der Waals surface area contributed by atoms with Crippen LogP contribution >= 0.6 is 0 Å². The summed E-state index contributed by atoms with van der Waals surface area (Å²) < 4.78 is 13.7. The first-order valence-corrected chi connectivity index (χ1v) is 8.28. The molecule has 0 aliphatic heterocycles. The molecule has 0 bridgehead atoms. The van der Waals surface area contributed by atoms with Crippen LogP contribution in [0.25, 0.3) is 11.1 Å². The summed E-state index contributed by atoms with van der Waals surface area (Å²) >= 11 is 0. The van der Waals surface area contributed by atoms with Crippen molar-refractivity contribution in [3.05, 3.63) is 54.1 Å². The van der Waals surface area contributed by atoms with Gasteiger partial charge in [0.25, 0.3) is 5.91 Å². The molecule has 1 fully saturated rings. The fraction of sp³-hybridized carbons (Fsp3) is 0.368. The lowest BCUT2D eigenvalue weighted by Gasteiger charge is -2.32. The molecule has 4 nitrogen and oxygen atoms in total. The molecule has 1 amide bonds. The molecular formula is C19H21FN2O2. The van der Waals surface area contributed by atoms with E-state index in [0.29, 0.717) is 16.7 Å². The van der Waals surface area contributed by atoms with Crippen LogP contribution in [0.3, 0.4) is 0 Å². The zero-order chi connectivity index (χ0) is 17.0. The number of benzene rings is 1. The van der Waals surface area contributed by atoms with E-state index in [0.717, 1.165) is 32.1 Å². The maximum absolute atomic E-state index is 13.7. The third-order valence-corrected chi connectivity index (χ3v) is 4.59. The van der Waals surface area contributed by atoms with Gasteiger partial charge in [-0.15, -0.1) is 0 Å². The fourth-order valence-electron chi connectivity index (χ4n) is 3.14. The SMILES string of the molecule is O=C(NCC1(O)CCCCC1)c1ccc(-c2ccncc2F)cc1. The van der Waals surface area contributed by atoms with E-state index in [1.807, 2.05) is 0 Å². The van der Waals surface area contributed by atoms with Crippen molar-refractivity contribution in [2.45, 2.75) is 37.7 Å². The van der Waals surface area contributed by atoms with Crippen molar-refractivity contribution in [1.29, 1.82) is 0 Å². The molecule has 0 atom stereocenters. The monoisotopic (exact) mass is 328 g/mol. The molecule has 0 radical (unpaired) electrons. The van der Waals surface area contributed by atoms with Crippen molar-refractivity contribution >= 4 is 5.91 Å². The summed E-state index contributed by atoms with van der Waals surface area (Å²) in [7, 11) is 0. The summed E-state index contributed by atoms with van der Waals surface area (Å²) in [6.45, 7) is 0.270. The normalized spacial score (nSPS) is 16.6. The quantitative estimate of drug-likeness (QED) is 0.905. The number of hydrogen-bond acceptors (Lipinski definition) is 3. The van der Waals surface area contributed by atoms with Crippen molar-refractivity contribution in [3.8, 4) is 11.1 Å². The average Bonchev–Trinajstić information content (AvgIpc) is 2.61. The van der Waals surface area contributed by atoms with Crippen LogP contribution in [0.1, 0.15) is 42.5 Å². The van der Waals surface area contributed by atoms with Crippen LogP contribution in [-0.2, 0) is 0 Å². The largest absolute Gasteiger partial charge is 0.388 e. The second kappa shape index (κ2) is 7.09. The van der Waals surface area contributed by atoms with Gasteiger partial charge in [-0.05, 0) is 36.6 Å². The fourth-order valence-corrected chi connectivity index (χ4v) is 3.14. The molecule has 1 aliphatic carbocycles. The lowest BCUT2D eigenvalue weighted by molar-refractivity contribution is 0.00526. The van der Waals surface area contributed by atoms with Crippen LogP contribution in [0.5, 0.6) is 0 Å². The summed E-state index contributed by atoms with van der Waals surface area (Å²) in [4.78, 5) is 16.0. The van der Waals surface area contributed by atoms with E-state index in [1.165, 1.54) is 12.4 Å². The molecule has 1 saturated carbocycles.